The van der Waals surface area contributed by atoms with Crippen molar-refractivity contribution < 1.29 is 14.5 Å². The van der Waals surface area contributed by atoms with Gasteiger partial charge in [0, 0.05) is 24.3 Å². The number of carbonyl (C=O) groups excluding carboxylic acids is 1. The number of methoxy groups -OCH3 is 1. The molecule has 0 saturated heterocycles. The summed E-state index contributed by atoms with van der Waals surface area (Å²) in [5.41, 5.74) is -0.765. The molecule has 0 bridgehead atoms. The molecule has 19 heavy (non-hydrogen) atoms. The molecule has 1 aromatic rings. The largest absolute Gasteiger partial charge is 0.348 e. The van der Waals surface area contributed by atoms with Crippen LogP contribution in [0.25, 0.3) is 0 Å². The monoisotopic (exact) mass is 259 g/mol. The van der Waals surface area contributed by atoms with E-state index in [1.807, 2.05) is 6.07 Å². The summed E-state index contributed by atoms with van der Waals surface area (Å²) in [6.07, 6.45) is 4.37. The van der Waals surface area contributed by atoms with Gasteiger partial charge in [0.1, 0.15) is 0 Å². The fourth-order valence-electron chi connectivity index (χ4n) is 1.98. The third-order valence-electron chi connectivity index (χ3n) is 3.09. The zero-order valence-electron chi connectivity index (χ0n) is 10.4. The zero-order chi connectivity index (χ0) is 13.9. The number of rotatable bonds is 4. The summed E-state index contributed by atoms with van der Waals surface area (Å²) < 4.78 is 4.98. The molecular weight excluding hydrogens is 246 g/mol. The minimum absolute atomic E-state index is 0.0687. The first-order chi connectivity index (χ1) is 9.09. The highest BCUT2D eigenvalue weighted by molar-refractivity contribution is 6.09. The SMILES string of the molecule is COC1([N+](=O)[O-])C=CC=C(C(=O)c2ccccc2)C1. The Labute approximate surface area is 110 Å². The van der Waals surface area contributed by atoms with E-state index in [0.717, 1.165) is 0 Å². The van der Waals surface area contributed by atoms with Crippen LogP contribution < -0.4 is 0 Å². The molecule has 0 amide bonds. The van der Waals surface area contributed by atoms with Crippen LogP contribution in [-0.2, 0) is 4.74 Å². The number of carbonyl (C=O) groups is 1. The lowest BCUT2D eigenvalue weighted by atomic mass is 9.91. The van der Waals surface area contributed by atoms with Crippen LogP contribution >= 0.6 is 0 Å². The first-order valence-corrected chi connectivity index (χ1v) is 5.77. The maximum Gasteiger partial charge on any atom is 0.348 e. The summed E-state index contributed by atoms with van der Waals surface area (Å²) in [6.45, 7) is 0. The molecule has 5 heteroatoms. The molecule has 1 aliphatic carbocycles. The van der Waals surface area contributed by atoms with Crippen LogP contribution in [0.3, 0.4) is 0 Å². The Morgan fingerprint density at radius 1 is 1.37 bits per heavy atom. The second-order valence-corrected chi connectivity index (χ2v) is 4.23. The zero-order valence-corrected chi connectivity index (χ0v) is 10.4. The van der Waals surface area contributed by atoms with Gasteiger partial charge in [-0.1, -0.05) is 42.5 Å². The van der Waals surface area contributed by atoms with Gasteiger partial charge in [0.05, 0.1) is 11.3 Å². The minimum atomic E-state index is -1.64. The van der Waals surface area contributed by atoms with Gasteiger partial charge >= 0.3 is 5.72 Å². The van der Waals surface area contributed by atoms with Crippen molar-refractivity contribution in [1.82, 2.24) is 0 Å². The Hall–Kier alpha value is -2.27. The summed E-state index contributed by atoms with van der Waals surface area (Å²) in [5, 5.41) is 11.1. The predicted molar refractivity (Wildman–Crippen MR) is 69.3 cm³/mol. The highest BCUT2D eigenvalue weighted by Crippen LogP contribution is 2.28. The number of ether oxygens (including phenoxy) is 1. The summed E-state index contributed by atoms with van der Waals surface area (Å²) in [5.74, 6) is -0.215. The van der Waals surface area contributed by atoms with E-state index in [2.05, 4.69) is 0 Å². The molecule has 1 unspecified atom stereocenters. The van der Waals surface area contributed by atoms with Gasteiger partial charge in [0.25, 0.3) is 0 Å². The van der Waals surface area contributed by atoms with E-state index in [-0.39, 0.29) is 12.2 Å². The van der Waals surface area contributed by atoms with Crippen molar-refractivity contribution in [3.63, 3.8) is 0 Å². The van der Waals surface area contributed by atoms with Crippen molar-refractivity contribution in [3.05, 3.63) is 69.8 Å². The van der Waals surface area contributed by atoms with Crippen LogP contribution in [0.4, 0.5) is 0 Å². The molecule has 0 saturated carbocycles. The summed E-state index contributed by atoms with van der Waals surface area (Å²) in [4.78, 5) is 22.8. The highest BCUT2D eigenvalue weighted by Gasteiger charge is 2.43. The minimum Gasteiger partial charge on any atom is -0.315 e. The Morgan fingerprint density at radius 3 is 2.63 bits per heavy atom. The van der Waals surface area contributed by atoms with Gasteiger partial charge in [0.15, 0.2) is 5.78 Å². The van der Waals surface area contributed by atoms with Gasteiger partial charge < -0.3 is 4.74 Å². The number of benzene rings is 1. The molecular formula is C14H13NO4. The van der Waals surface area contributed by atoms with Gasteiger partial charge in [-0.2, -0.15) is 0 Å². The highest BCUT2D eigenvalue weighted by atomic mass is 16.7. The quantitative estimate of drug-likeness (QED) is 0.360. The number of allylic oxidation sites excluding steroid dienone is 2. The Kier molecular flexibility index (Phi) is 3.57. The smallest absolute Gasteiger partial charge is 0.315 e. The van der Waals surface area contributed by atoms with E-state index >= 15 is 0 Å². The average molecular weight is 259 g/mol. The number of ketones is 1. The van der Waals surface area contributed by atoms with Crippen molar-refractivity contribution in [1.29, 1.82) is 0 Å². The van der Waals surface area contributed by atoms with E-state index < -0.39 is 10.6 Å². The second kappa shape index (κ2) is 5.16. The van der Waals surface area contributed by atoms with E-state index in [1.165, 1.54) is 19.3 Å². The predicted octanol–water partition coefficient (Wildman–Crippen LogP) is 2.38. The van der Waals surface area contributed by atoms with Crippen molar-refractivity contribution in [3.8, 4) is 0 Å². The average Bonchev–Trinajstić information content (AvgIpc) is 2.47. The number of nitro groups is 1. The van der Waals surface area contributed by atoms with Crippen LogP contribution in [0.1, 0.15) is 16.8 Å². The molecule has 0 N–H and O–H groups in total. The second-order valence-electron chi connectivity index (χ2n) is 4.23. The summed E-state index contributed by atoms with van der Waals surface area (Å²) in [7, 11) is 1.27. The molecule has 1 atom stereocenters. The van der Waals surface area contributed by atoms with E-state index in [1.54, 1.807) is 30.3 Å². The number of hydrogen-bond acceptors (Lipinski definition) is 4. The van der Waals surface area contributed by atoms with Gasteiger partial charge in [0.2, 0.25) is 0 Å². The third kappa shape index (κ3) is 2.46. The lowest BCUT2D eigenvalue weighted by Gasteiger charge is -2.23. The molecule has 0 radical (unpaired) electrons. The molecule has 98 valence electrons. The maximum atomic E-state index is 12.2. The lowest BCUT2D eigenvalue weighted by molar-refractivity contribution is -0.610. The fraction of sp³-hybridized carbons (Fsp3) is 0.214. The molecule has 0 aromatic heterocycles. The van der Waals surface area contributed by atoms with Crippen LogP contribution in [0.2, 0.25) is 0 Å². The van der Waals surface area contributed by atoms with Gasteiger partial charge in [-0.15, -0.1) is 0 Å². The third-order valence-corrected chi connectivity index (χ3v) is 3.09. The first-order valence-electron chi connectivity index (χ1n) is 5.77. The molecule has 5 nitrogen and oxygen atoms in total. The van der Waals surface area contributed by atoms with Gasteiger partial charge in [-0.25, -0.2) is 0 Å². The standard InChI is InChI=1S/C14H13NO4/c1-19-14(15(17)18)9-5-8-12(10-14)13(16)11-6-3-2-4-7-11/h2-9H,10H2,1H3. The maximum absolute atomic E-state index is 12.2. The van der Waals surface area contributed by atoms with Crippen molar-refractivity contribution in [2.75, 3.05) is 7.11 Å². The molecule has 2 rings (SSSR count). The van der Waals surface area contributed by atoms with Crippen LogP contribution in [0, 0.1) is 10.1 Å². The van der Waals surface area contributed by atoms with Crippen molar-refractivity contribution in [2.45, 2.75) is 12.1 Å². The van der Waals surface area contributed by atoms with Crippen LogP contribution in [0.5, 0.6) is 0 Å². The van der Waals surface area contributed by atoms with Crippen molar-refractivity contribution >= 4 is 5.78 Å². The lowest BCUT2D eigenvalue weighted by Crippen LogP contribution is -2.40. The van der Waals surface area contributed by atoms with E-state index in [0.29, 0.717) is 11.1 Å². The molecule has 1 aliphatic rings. The molecule has 1 aromatic carbocycles. The molecule has 0 spiro atoms. The molecule has 0 heterocycles. The van der Waals surface area contributed by atoms with Gasteiger partial charge in [-0.05, 0) is 0 Å². The Morgan fingerprint density at radius 2 is 2.05 bits per heavy atom. The normalized spacial score (nSPS) is 21.8. The molecule has 0 aliphatic heterocycles. The first kappa shape index (κ1) is 13.2. The van der Waals surface area contributed by atoms with Crippen LogP contribution in [-0.4, -0.2) is 23.5 Å². The number of Topliss-reactive ketones (excluding diaryl/α,β-unsaturated/α-hetero) is 1. The van der Waals surface area contributed by atoms with Gasteiger partial charge in [-0.3, -0.25) is 14.9 Å². The Balaban J connectivity index is 2.28. The van der Waals surface area contributed by atoms with Crippen molar-refractivity contribution in [2.24, 2.45) is 0 Å². The van der Waals surface area contributed by atoms with E-state index in [9.17, 15) is 14.9 Å². The number of hydrogen-bond donors (Lipinski definition) is 0. The van der Waals surface area contributed by atoms with E-state index in [4.69, 9.17) is 4.74 Å². The summed E-state index contributed by atoms with van der Waals surface area (Å²) in [6, 6.07) is 8.68. The Bertz CT molecular complexity index is 562. The molecule has 0 fully saturated rings. The fourth-order valence-corrected chi connectivity index (χ4v) is 1.98. The summed E-state index contributed by atoms with van der Waals surface area (Å²) >= 11 is 0. The number of nitrogens with zero attached hydrogens (tertiary/aromatic N) is 1. The topological polar surface area (TPSA) is 69.4 Å². The van der Waals surface area contributed by atoms with Crippen LogP contribution in [0.15, 0.2) is 54.1 Å².